The van der Waals surface area contributed by atoms with Crippen LogP contribution < -0.4 is 11.1 Å². The van der Waals surface area contributed by atoms with Gasteiger partial charge in [-0.05, 0) is 57.7 Å². The van der Waals surface area contributed by atoms with Crippen LogP contribution >= 0.6 is 0 Å². The fourth-order valence-corrected chi connectivity index (χ4v) is 4.58. The number of nitrogens with one attached hydrogen (secondary N) is 1. The minimum atomic E-state index is -0.673. The van der Waals surface area contributed by atoms with Gasteiger partial charge in [0.05, 0.1) is 12.1 Å². The third kappa shape index (κ3) is 8.06. The lowest BCUT2D eigenvalue weighted by Crippen LogP contribution is -2.51. The number of likely N-dealkylation sites (tertiary alicyclic amines) is 1. The van der Waals surface area contributed by atoms with Crippen LogP contribution in [0.25, 0.3) is 0 Å². The molecule has 3 amide bonds. The lowest BCUT2D eigenvalue weighted by molar-refractivity contribution is -0.135. The Labute approximate surface area is 219 Å². The van der Waals surface area contributed by atoms with Crippen LogP contribution in [0, 0.1) is 0 Å². The summed E-state index contributed by atoms with van der Waals surface area (Å²) in [5.41, 5.74) is 8.71. The highest BCUT2D eigenvalue weighted by Crippen LogP contribution is 2.20. The first kappa shape index (κ1) is 28.2. The molecule has 0 radical (unpaired) electrons. The van der Waals surface area contributed by atoms with E-state index in [9.17, 15) is 14.4 Å². The van der Waals surface area contributed by atoms with Crippen molar-refractivity contribution in [1.29, 1.82) is 0 Å². The number of hydrogen-bond acceptors (Lipinski definition) is 5. The van der Waals surface area contributed by atoms with Crippen LogP contribution in [0.15, 0.2) is 65.7 Å². The molecule has 8 heteroatoms. The normalized spacial score (nSPS) is 17.4. The molecule has 37 heavy (non-hydrogen) atoms. The monoisotopic (exact) mass is 505 g/mol. The van der Waals surface area contributed by atoms with Crippen molar-refractivity contribution in [3.63, 3.8) is 0 Å². The maximum atomic E-state index is 13.5. The number of nitrogens with two attached hydrogens (primary N) is 1. The fourth-order valence-electron chi connectivity index (χ4n) is 4.58. The third-order valence-corrected chi connectivity index (χ3v) is 6.90. The second-order valence-electron chi connectivity index (χ2n) is 9.66. The molecule has 1 saturated heterocycles. The second kappa shape index (κ2) is 13.8. The molecule has 0 aromatic heterocycles. The SMILES string of the molecule is CN[C@@H](C)C(=O)/N=C(\C)C(=O)N1CCC[C@H]1CN(CCc1ccccc1)C(=O)[C@H](N)Cc1ccccc1. The van der Waals surface area contributed by atoms with Crippen molar-refractivity contribution in [3.05, 3.63) is 71.8 Å². The highest BCUT2D eigenvalue weighted by Gasteiger charge is 2.33. The topological polar surface area (TPSA) is 108 Å². The number of carbonyl (C=O) groups excluding carboxylic acids is 3. The van der Waals surface area contributed by atoms with E-state index in [1.807, 2.05) is 60.7 Å². The Balaban J connectivity index is 1.74. The Morgan fingerprint density at radius 1 is 1.08 bits per heavy atom. The standard InChI is InChI=1S/C29H39N5O3/c1-21(31-3)27(35)32-22(2)28(36)34-17-10-15-25(34)20-33(18-16-23-11-6-4-7-12-23)29(37)26(30)19-24-13-8-5-9-14-24/h4-9,11-14,21,25-26,31H,10,15-20,30H2,1-3H3/b32-22+/t21-,25-,26+/m0/s1. The van der Waals surface area contributed by atoms with E-state index in [1.165, 1.54) is 0 Å². The van der Waals surface area contributed by atoms with Gasteiger partial charge in [0.1, 0.15) is 5.71 Å². The predicted molar refractivity (Wildman–Crippen MR) is 146 cm³/mol. The van der Waals surface area contributed by atoms with E-state index in [0.29, 0.717) is 32.5 Å². The highest BCUT2D eigenvalue weighted by molar-refractivity contribution is 6.39. The molecular formula is C29H39N5O3. The van der Waals surface area contributed by atoms with Crippen molar-refractivity contribution >= 4 is 23.4 Å². The van der Waals surface area contributed by atoms with E-state index < -0.39 is 12.1 Å². The van der Waals surface area contributed by atoms with Crippen molar-refractivity contribution in [2.45, 2.75) is 57.7 Å². The highest BCUT2D eigenvalue weighted by atomic mass is 16.2. The maximum Gasteiger partial charge on any atom is 0.268 e. The van der Waals surface area contributed by atoms with Gasteiger partial charge >= 0.3 is 0 Å². The molecular weight excluding hydrogens is 466 g/mol. The molecule has 0 unspecified atom stereocenters. The summed E-state index contributed by atoms with van der Waals surface area (Å²) in [5, 5.41) is 2.84. The number of hydrogen-bond donors (Lipinski definition) is 2. The average Bonchev–Trinajstić information content (AvgIpc) is 3.38. The van der Waals surface area contributed by atoms with Gasteiger partial charge < -0.3 is 20.9 Å². The van der Waals surface area contributed by atoms with Gasteiger partial charge in [-0.25, -0.2) is 4.99 Å². The van der Waals surface area contributed by atoms with Gasteiger partial charge in [-0.3, -0.25) is 14.4 Å². The second-order valence-corrected chi connectivity index (χ2v) is 9.66. The predicted octanol–water partition coefficient (Wildman–Crippen LogP) is 2.21. The molecule has 3 atom stereocenters. The average molecular weight is 506 g/mol. The summed E-state index contributed by atoms with van der Waals surface area (Å²) in [6.45, 7) is 4.76. The van der Waals surface area contributed by atoms with Gasteiger partial charge in [-0.1, -0.05) is 60.7 Å². The van der Waals surface area contributed by atoms with E-state index in [-0.39, 0.29) is 29.5 Å². The van der Waals surface area contributed by atoms with Gasteiger partial charge in [-0.15, -0.1) is 0 Å². The number of benzene rings is 2. The van der Waals surface area contributed by atoms with E-state index in [2.05, 4.69) is 10.3 Å². The first-order valence-corrected chi connectivity index (χ1v) is 13.0. The minimum absolute atomic E-state index is 0.123. The molecule has 1 aliphatic heterocycles. The molecule has 1 heterocycles. The summed E-state index contributed by atoms with van der Waals surface area (Å²) in [5.74, 6) is -0.763. The molecule has 198 valence electrons. The number of nitrogens with zero attached hydrogens (tertiary/aromatic N) is 3. The van der Waals surface area contributed by atoms with Crippen LogP contribution in [0.1, 0.15) is 37.8 Å². The molecule has 3 rings (SSSR count). The van der Waals surface area contributed by atoms with Crippen molar-refractivity contribution in [2.24, 2.45) is 10.7 Å². The summed E-state index contributed by atoms with van der Waals surface area (Å²) in [6, 6.07) is 18.5. The molecule has 1 aliphatic rings. The van der Waals surface area contributed by atoms with Crippen LogP contribution in [-0.2, 0) is 27.2 Å². The third-order valence-electron chi connectivity index (χ3n) is 6.90. The zero-order valence-corrected chi connectivity index (χ0v) is 22.1. The zero-order valence-electron chi connectivity index (χ0n) is 22.1. The Hall–Kier alpha value is -3.36. The minimum Gasteiger partial charge on any atom is -0.339 e. The van der Waals surface area contributed by atoms with Crippen LogP contribution in [0.4, 0.5) is 0 Å². The van der Waals surface area contributed by atoms with Crippen LogP contribution in [0.2, 0.25) is 0 Å². The van der Waals surface area contributed by atoms with Gasteiger partial charge in [0.25, 0.3) is 11.8 Å². The largest absolute Gasteiger partial charge is 0.339 e. The zero-order chi connectivity index (χ0) is 26.8. The Bertz CT molecular complexity index is 1070. The molecule has 0 saturated carbocycles. The fraction of sp³-hybridized carbons (Fsp3) is 0.448. The van der Waals surface area contributed by atoms with Crippen molar-refractivity contribution in [2.75, 3.05) is 26.7 Å². The summed E-state index contributed by atoms with van der Waals surface area (Å²) in [6.07, 6.45) is 2.76. The lowest BCUT2D eigenvalue weighted by Gasteiger charge is -2.32. The van der Waals surface area contributed by atoms with Gasteiger partial charge in [0.2, 0.25) is 5.91 Å². The van der Waals surface area contributed by atoms with E-state index in [4.69, 9.17) is 5.73 Å². The van der Waals surface area contributed by atoms with Crippen molar-refractivity contribution < 1.29 is 14.4 Å². The molecule has 2 aromatic carbocycles. The van der Waals surface area contributed by atoms with Crippen molar-refractivity contribution in [3.8, 4) is 0 Å². The van der Waals surface area contributed by atoms with E-state index in [0.717, 1.165) is 24.0 Å². The lowest BCUT2D eigenvalue weighted by atomic mass is 10.0. The van der Waals surface area contributed by atoms with Crippen LogP contribution in [0.3, 0.4) is 0 Å². The number of rotatable bonds is 11. The number of amides is 3. The summed E-state index contributed by atoms with van der Waals surface area (Å²) < 4.78 is 0. The first-order valence-electron chi connectivity index (χ1n) is 13.0. The number of likely N-dealkylation sites (N-methyl/N-ethyl adjacent to an activating group) is 1. The molecule has 0 bridgehead atoms. The van der Waals surface area contributed by atoms with E-state index >= 15 is 0 Å². The summed E-state index contributed by atoms with van der Waals surface area (Å²) in [7, 11) is 1.68. The van der Waals surface area contributed by atoms with Crippen LogP contribution in [0.5, 0.6) is 0 Å². The van der Waals surface area contributed by atoms with Gasteiger partial charge in [0.15, 0.2) is 0 Å². The summed E-state index contributed by atoms with van der Waals surface area (Å²) >= 11 is 0. The maximum absolute atomic E-state index is 13.5. The Morgan fingerprint density at radius 2 is 1.70 bits per heavy atom. The Morgan fingerprint density at radius 3 is 2.32 bits per heavy atom. The molecule has 0 aliphatic carbocycles. The van der Waals surface area contributed by atoms with Crippen LogP contribution in [-0.4, -0.2) is 78.0 Å². The molecule has 1 fully saturated rings. The molecule has 0 spiro atoms. The molecule has 8 nitrogen and oxygen atoms in total. The van der Waals surface area contributed by atoms with Gasteiger partial charge in [-0.2, -0.15) is 0 Å². The molecule has 2 aromatic rings. The number of aliphatic imine (C=N–C) groups is 1. The number of carbonyl (C=O) groups is 3. The van der Waals surface area contributed by atoms with Gasteiger partial charge in [0, 0.05) is 25.7 Å². The first-order chi connectivity index (χ1) is 17.8. The smallest absolute Gasteiger partial charge is 0.268 e. The Kier molecular flexibility index (Phi) is 10.5. The quantitative estimate of drug-likeness (QED) is 0.455. The van der Waals surface area contributed by atoms with Crippen molar-refractivity contribution in [1.82, 2.24) is 15.1 Å². The van der Waals surface area contributed by atoms with E-state index in [1.54, 1.807) is 30.7 Å². The summed E-state index contributed by atoms with van der Waals surface area (Å²) in [4.78, 5) is 46.5. The molecule has 3 N–H and O–H groups in total.